The number of aromatic amines is 1. The maximum atomic E-state index is 13.0. The van der Waals surface area contributed by atoms with Gasteiger partial charge >= 0.3 is 5.97 Å². The minimum absolute atomic E-state index is 0.191. The smallest absolute Gasteiger partial charge is 0.356 e. The minimum Gasteiger partial charge on any atom is -0.443 e. The van der Waals surface area contributed by atoms with Crippen LogP contribution in [0.25, 0.3) is 0 Å². The highest BCUT2D eigenvalue weighted by Crippen LogP contribution is 2.28. The molecule has 6 nitrogen and oxygen atoms in total. The number of likely N-dealkylation sites (tertiary alicyclic amines) is 1. The number of esters is 1. The average molecular weight is 370 g/mol. The minimum atomic E-state index is -0.977. The van der Waals surface area contributed by atoms with Crippen LogP contribution in [-0.2, 0) is 9.53 Å². The number of rotatable bonds is 5. The van der Waals surface area contributed by atoms with Gasteiger partial charge in [0.1, 0.15) is 5.69 Å². The molecule has 1 aromatic carbocycles. The van der Waals surface area contributed by atoms with Gasteiger partial charge in [0, 0.05) is 29.9 Å². The Morgan fingerprint density at radius 3 is 2.33 bits per heavy atom. The summed E-state index contributed by atoms with van der Waals surface area (Å²) in [5, 5.41) is 9.94. The van der Waals surface area contributed by atoms with Gasteiger partial charge in [-0.3, -0.25) is 4.79 Å². The molecule has 27 heavy (non-hydrogen) atoms. The molecule has 0 saturated carbocycles. The van der Waals surface area contributed by atoms with Crippen molar-refractivity contribution in [3.8, 4) is 0 Å². The van der Waals surface area contributed by atoms with E-state index in [1.165, 1.54) is 0 Å². The van der Waals surface area contributed by atoms with Crippen molar-refractivity contribution in [2.75, 3.05) is 13.1 Å². The highest BCUT2D eigenvalue weighted by molar-refractivity contribution is 5.93. The number of amides is 1. The number of hydrogen-bond acceptors (Lipinski definition) is 4. The average Bonchev–Trinajstić information content (AvgIpc) is 3.27. The van der Waals surface area contributed by atoms with Gasteiger partial charge in [0.25, 0.3) is 5.91 Å². The third-order valence-corrected chi connectivity index (χ3v) is 5.09. The fourth-order valence-corrected chi connectivity index (χ4v) is 3.75. The first-order chi connectivity index (χ1) is 12.9. The van der Waals surface area contributed by atoms with Crippen molar-refractivity contribution in [2.24, 2.45) is 0 Å². The van der Waals surface area contributed by atoms with Gasteiger partial charge in [-0.2, -0.15) is 0 Å². The lowest BCUT2D eigenvalue weighted by Gasteiger charge is -2.23. The second-order valence-electron chi connectivity index (χ2n) is 7.07. The van der Waals surface area contributed by atoms with Crippen molar-refractivity contribution in [1.29, 1.82) is 0 Å². The maximum Gasteiger partial charge on any atom is 0.356 e. The number of carbonyl (C=O) groups is 2. The van der Waals surface area contributed by atoms with Crippen molar-refractivity contribution in [2.45, 2.75) is 45.8 Å². The van der Waals surface area contributed by atoms with Gasteiger partial charge in [0.2, 0.25) is 6.10 Å². The number of aromatic nitrogens is 1. The monoisotopic (exact) mass is 370 g/mol. The molecule has 1 amide bonds. The van der Waals surface area contributed by atoms with E-state index in [-0.39, 0.29) is 11.6 Å². The Labute approximate surface area is 159 Å². The molecule has 2 heterocycles. The summed E-state index contributed by atoms with van der Waals surface area (Å²) < 4.78 is 5.68. The van der Waals surface area contributed by atoms with E-state index in [1.807, 2.05) is 18.2 Å². The molecule has 2 atom stereocenters. The van der Waals surface area contributed by atoms with Crippen LogP contribution < -0.4 is 0 Å². The van der Waals surface area contributed by atoms with E-state index in [0.717, 1.165) is 18.5 Å². The predicted octanol–water partition coefficient (Wildman–Crippen LogP) is 3.21. The Bertz CT molecular complexity index is 820. The molecule has 1 aliphatic rings. The molecule has 1 saturated heterocycles. The van der Waals surface area contributed by atoms with Crippen LogP contribution in [0.15, 0.2) is 30.3 Å². The van der Waals surface area contributed by atoms with E-state index in [2.05, 4.69) is 4.98 Å². The highest BCUT2D eigenvalue weighted by atomic mass is 16.5. The van der Waals surface area contributed by atoms with Crippen molar-refractivity contribution in [3.05, 3.63) is 58.4 Å². The largest absolute Gasteiger partial charge is 0.443 e. The van der Waals surface area contributed by atoms with Crippen LogP contribution in [0, 0.1) is 13.8 Å². The Morgan fingerprint density at radius 2 is 1.78 bits per heavy atom. The van der Waals surface area contributed by atoms with Gasteiger partial charge in [-0.1, -0.05) is 30.3 Å². The van der Waals surface area contributed by atoms with Crippen LogP contribution in [0.3, 0.4) is 0 Å². The molecule has 1 aromatic heterocycles. The van der Waals surface area contributed by atoms with Crippen LogP contribution in [0.2, 0.25) is 0 Å². The SMILES string of the molecule is Cc1[nH]c(C(=O)O[C@H](C(=O)N2CCCC2)c2ccccc2)c(C)c1[C@H](C)O. The molecule has 0 bridgehead atoms. The zero-order valence-corrected chi connectivity index (χ0v) is 16.0. The summed E-state index contributed by atoms with van der Waals surface area (Å²) in [6.45, 7) is 6.60. The van der Waals surface area contributed by atoms with E-state index in [4.69, 9.17) is 4.74 Å². The van der Waals surface area contributed by atoms with Gasteiger partial charge in [0.05, 0.1) is 6.10 Å². The van der Waals surface area contributed by atoms with Crippen molar-refractivity contribution in [1.82, 2.24) is 9.88 Å². The third kappa shape index (κ3) is 3.90. The molecule has 0 aliphatic carbocycles. The summed E-state index contributed by atoms with van der Waals surface area (Å²) in [6, 6.07) is 9.09. The Hall–Kier alpha value is -2.60. The van der Waals surface area contributed by atoms with Gasteiger partial charge in [0.15, 0.2) is 0 Å². The number of carbonyl (C=O) groups excluding carboxylic acids is 2. The summed E-state index contributed by atoms with van der Waals surface area (Å²) in [5.41, 5.74) is 2.98. The van der Waals surface area contributed by atoms with Crippen LogP contribution in [0.1, 0.15) is 64.8 Å². The van der Waals surface area contributed by atoms with E-state index in [1.54, 1.807) is 37.8 Å². The van der Waals surface area contributed by atoms with E-state index in [9.17, 15) is 14.7 Å². The lowest BCUT2D eigenvalue weighted by molar-refractivity contribution is -0.140. The maximum absolute atomic E-state index is 13.0. The van der Waals surface area contributed by atoms with E-state index >= 15 is 0 Å². The summed E-state index contributed by atoms with van der Waals surface area (Å²) in [7, 11) is 0. The van der Waals surface area contributed by atoms with Gasteiger partial charge in [-0.25, -0.2) is 4.79 Å². The number of nitrogens with one attached hydrogen (secondary N) is 1. The van der Waals surface area contributed by atoms with Crippen LogP contribution in [0.4, 0.5) is 0 Å². The quantitative estimate of drug-likeness (QED) is 0.792. The topological polar surface area (TPSA) is 82.6 Å². The number of aliphatic hydroxyl groups is 1. The van der Waals surface area contributed by atoms with Crippen molar-refractivity contribution >= 4 is 11.9 Å². The molecule has 6 heteroatoms. The Morgan fingerprint density at radius 1 is 1.15 bits per heavy atom. The molecular formula is C21H26N2O4. The number of aliphatic hydroxyl groups excluding tert-OH is 1. The first-order valence-electron chi connectivity index (χ1n) is 9.32. The third-order valence-electron chi connectivity index (χ3n) is 5.09. The molecule has 0 spiro atoms. The van der Waals surface area contributed by atoms with Gasteiger partial charge in [-0.05, 0) is 39.2 Å². The van der Waals surface area contributed by atoms with Gasteiger partial charge < -0.3 is 19.7 Å². The number of hydrogen-bond donors (Lipinski definition) is 2. The fourth-order valence-electron chi connectivity index (χ4n) is 3.75. The molecule has 2 aromatic rings. The molecule has 144 valence electrons. The van der Waals surface area contributed by atoms with Crippen molar-refractivity contribution < 1.29 is 19.4 Å². The second kappa shape index (κ2) is 7.96. The lowest BCUT2D eigenvalue weighted by atomic mass is 10.1. The number of benzene rings is 1. The second-order valence-corrected chi connectivity index (χ2v) is 7.07. The first-order valence-corrected chi connectivity index (χ1v) is 9.32. The summed E-state index contributed by atoms with van der Waals surface area (Å²) >= 11 is 0. The molecule has 1 aliphatic heterocycles. The zero-order valence-electron chi connectivity index (χ0n) is 16.0. The fraction of sp³-hybridized carbons (Fsp3) is 0.429. The molecule has 1 fully saturated rings. The van der Waals surface area contributed by atoms with E-state index in [0.29, 0.717) is 29.8 Å². The molecule has 0 radical (unpaired) electrons. The molecule has 3 rings (SSSR count). The normalized spacial score (nSPS) is 16.2. The standard InChI is InChI=1S/C21H26N2O4/c1-13-17(15(3)24)14(2)22-18(13)21(26)27-19(16-9-5-4-6-10-16)20(25)23-11-7-8-12-23/h4-6,9-10,15,19,22,24H,7-8,11-12H2,1-3H3/t15-,19-/m0/s1. The number of aryl methyl sites for hydroxylation is 1. The zero-order chi connectivity index (χ0) is 19.6. The van der Waals surface area contributed by atoms with Crippen molar-refractivity contribution in [3.63, 3.8) is 0 Å². The summed E-state index contributed by atoms with van der Waals surface area (Å²) in [6.07, 6.45) is 0.260. The Balaban J connectivity index is 1.89. The first kappa shape index (κ1) is 19.2. The van der Waals surface area contributed by atoms with E-state index < -0.39 is 18.2 Å². The predicted molar refractivity (Wildman–Crippen MR) is 101 cm³/mol. The number of ether oxygens (including phenoxy) is 1. The lowest BCUT2D eigenvalue weighted by Crippen LogP contribution is -2.35. The number of H-pyrrole nitrogens is 1. The van der Waals surface area contributed by atoms with Gasteiger partial charge in [-0.15, -0.1) is 0 Å². The molecule has 0 unspecified atom stereocenters. The van der Waals surface area contributed by atoms with Crippen LogP contribution in [-0.4, -0.2) is 40.0 Å². The van der Waals surface area contributed by atoms with Crippen LogP contribution in [0.5, 0.6) is 0 Å². The summed E-state index contributed by atoms with van der Waals surface area (Å²) in [4.78, 5) is 30.6. The Kier molecular flexibility index (Phi) is 5.65. The molecule has 2 N–H and O–H groups in total. The number of nitrogens with zero attached hydrogens (tertiary/aromatic N) is 1. The van der Waals surface area contributed by atoms with Crippen LogP contribution >= 0.6 is 0 Å². The summed E-state index contributed by atoms with van der Waals surface area (Å²) in [5.74, 6) is -0.785. The molecular weight excluding hydrogens is 344 g/mol. The highest BCUT2D eigenvalue weighted by Gasteiger charge is 2.32.